The number of hydrogen-bond acceptors (Lipinski definition) is 2. The van der Waals surface area contributed by atoms with Gasteiger partial charge < -0.3 is 9.32 Å². The summed E-state index contributed by atoms with van der Waals surface area (Å²) in [5.74, 6) is 0.866. The van der Waals surface area contributed by atoms with Crippen molar-refractivity contribution in [1.82, 2.24) is 0 Å². The highest BCUT2D eigenvalue weighted by Gasteiger charge is 2.17. The van der Waals surface area contributed by atoms with E-state index in [4.69, 9.17) is 4.42 Å². The first-order chi connectivity index (χ1) is 29.7. The van der Waals surface area contributed by atoms with Crippen molar-refractivity contribution < 1.29 is 4.42 Å². The summed E-state index contributed by atoms with van der Waals surface area (Å²) < 4.78 is 6.35. The average Bonchev–Trinajstić information content (AvgIpc) is 3.77. The molecule has 2 heteroatoms. The van der Waals surface area contributed by atoms with E-state index in [0.717, 1.165) is 50.5 Å². The standard InChI is InChI=1S/C58H39NO/c1-2-14-40(15-3-1)49-18-7-8-19-50(49)41-26-32-46(33-27-41)59(48-36-30-43(31-37-48)56-38-44-16-4-6-21-52(44)53-22-10-11-23-54(53)56)47-34-28-42(29-35-47)51-20-9-12-24-55(51)58-39-45-17-5-13-25-57(45)60-58/h1-39H. The van der Waals surface area contributed by atoms with Crippen LogP contribution in [0.5, 0.6) is 0 Å². The first-order valence-electron chi connectivity index (χ1n) is 20.5. The maximum Gasteiger partial charge on any atom is 0.136 e. The summed E-state index contributed by atoms with van der Waals surface area (Å²) >= 11 is 0. The van der Waals surface area contributed by atoms with Crippen molar-refractivity contribution in [3.63, 3.8) is 0 Å². The summed E-state index contributed by atoms with van der Waals surface area (Å²) in [5.41, 5.74) is 14.7. The van der Waals surface area contributed by atoms with Gasteiger partial charge in [0.15, 0.2) is 0 Å². The summed E-state index contributed by atoms with van der Waals surface area (Å²) in [6.45, 7) is 0. The number of fused-ring (bicyclic) bond motifs is 4. The molecule has 0 saturated heterocycles. The monoisotopic (exact) mass is 765 g/mol. The van der Waals surface area contributed by atoms with Crippen LogP contribution >= 0.6 is 0 Å². The van der Waals surface area contributed by atoms with Crippen LogP contribution in [0.25, 0.3) is 88.3 Å². The molecule has 60 heavy (non-hydrogen) atoms. The number of benzene rings is 10. The highest BCUT2D eigenvalue weighted by Crippen LogP contribution is 2.42. The van der Waals surface area contributed by atoms with Crippen LogP contribution in [0, 0.1) is 0 Å². The molecular weight excluding hydrogens is 727 g/mol. The Morgan fingerprint density at radius 2 is 0.683 bits per heavy atom. The third-order valence-corrected chi connectivity index (χ3v) is 11.7. The largest absolute Gasteiger partial charge is 0.456 e. The van der Waals surface area contributed by atoms with Gasteiger partial charge in [0.25, 0.3) is 0 Å². The van der Waals surface area contributed by atoms with Gasteiger partial charge in [0.2, 0.25) is 0 Å². The molecule has 0 amide bonds. The molecule has 0 atom stereocenters. The van der Waals surface area contributed by atoms with Crippen LogP contribution in [0.2, 0.25) is 0 Å². The van der Waals surface area contributed by atoms with Crippen LogP contribution < -0.4 is 4.90 Å². The quantitative estimate of drug-likeness (QED) is 0.143. The van der Waals surface area contributed by atoms with Crippen molar-refractivity contribution in [2.45, 2.75) is 0 Å². The molecule has 0 unspecified atom stereocenters. The minimum absolute atomic E-state index is 0.866. The Morgan fingerprint density at radius 1 is 0.267 bits per heavy atom. The SMILES string of the molecule is c1ccc(-c2ccccc2-c2ccc(N(c3ccc(-c4ccccc4-c4cc5ccccc5o4)cc3)c3ccc(-c4cc5ccccc5c5ccccc45)cc3)cc2)cc1. The van der Waals surface area contributed by atoms with Crippen molar-refractivity contribution in [2.24, 2.45) is 0 Å². The lowest BCUT2D eigenvalue weighted by Gasteiger charge is -2.26. The van der Waals surface area contributed by atoms with E-state index in [-0.39, 0.29) is 0 Å². The van der Waals surface area contributed by atoms with E-state index >= 15 is 0 Å². The van der Waals surface area contributed by atoms with Gasteiger partial charge in [-0.25, -0.2) is 0 Å². The Balaban J connectivity index is 0.998. The molecule has 11 aromatic rings. The van der Waals surface area contributed by atoms with Crippen LogP contribution in [0.3, 0.4) is 0 Å². The molecule has 10 aromatic carbocycles. The lowest BCUT2D eigenvalue weighted by molar-refractivity contribution is 0.632. The Hall–Kier alpha value is -7.94. The summed E-state index contributed by atoms with van der Waals surface area (Å²) in [6, 6.07) is 84.8. The summed E-state index contributed by atoms with van der Waals surface area (Å²) in [4.78, 5) is 2.35. The Kier molecular flexibility index (Phi) is 8.87. The van der Waals surface area contributed by atoms with Gasteiger partial charge in [-0.3, -0.25) is 0 Å². The molecule has 0 saturated carbocycles. The number of para-hydroxylation sites is 1. The van der Waals surface area contributed by atoms with Gasteiger partial charge in [-0.1, -0.05) is 182 Å². The second kappa shape index (κ2) is 15.1. The minimum Gasteiger partial charge on any atom is -0.456 e. The zero-order valence-electron chi connectivity index (χ0n) is 32.9. The lowest BCUT2D eigenvalue weighted by Crippen LogP contribution is -2.09. The summed E-state index contributed by atoms with van der Waals surface area (Å²) in [6.07, 6.45) is 0. The average molecular weight is 766 g/mol. The molecule has 0 bridgehead atoms. The van der Waals surface area contributed by atoms with E-state index in [9.17, 15) is 0 Å². The number of nitrogens with zero attached hydrogens (tertiary/aromatic N) is 1. The molecular formula is C58H39NO. The van der Waals surface area contributed by atoms with Crippen molar-refractivity contribution in [3.8, 4) is 55.8 Å². The van der Waals surface area contributed by atoms with Gasteiger partial charge in [-0.15, -0.1) is 0 Å². The first kappa shape index (κ1) is 35.2. The van der Waals surface area contributed by atoms with Crippen molar-refractivity contribution in [2.75, 3.05) is 4.90 Å². The summed E-state index contributed by atoms with van der Waals surface area (Å²) in [5, 5.41) is 6.14. The molecule has 1 heterocycles. The molecule has 0 aliphatic heterocycles. The van der Waals surface area contributed by atoms with E-state index in [1.807, 2.05) is 18.2 Å². The maximum atomic E-state index is 6.35. The number of anilines is 3. The Bertz CT molecular complexity index is 3260. The van der Waals surface area contributed by atoms with E-state index in [2.05, 4.69) is 223 Å². The normalized spacial score (nSPS) is 11.3. The molecule has 0 radical (unpaired) electrons. The predicted octanol–water partition coefficient (Wildman–Crippen LogP) is 16.5. The van der Waals surface area contributed by atoms with Gasteiger partial charge in [0.1, 0.15) is 11.3 Å². The lowest BCUT2D eigenvalue weighted by atomic mass is 9.93. The molecule has 0 aliphatic rings. The van der Waals surface area contributed by atoms with Crippen LogP contribution in [0.4, 0.5) is 17.1 Å². The Morgan fingerprint density at radius 3 is 1.27 bits per heavy atom. The molecule has 1 aromatic heterocycles. The number of hydrogen-bond donors (Lipinski definition) is 0. The predicted molar refractivity (Wildman–Crippen MR) is 253 cm³/mol. The topological polar surface area (TPSA) is 16.4 Å². The zero-order valence-corrected chi connectivity index (χ0v) is 32.9. The molecule has 282 valence electrons. The van der Waals surface area contributed by atoms with E-state index in [1.165, 1.54) is 54.9 Å². The minimum atomic E-state index is 0.866. The zero-order chi connectivity index (χ0) is 39.8. The van der Waals surface area contributed by atoms with Gasteiger partial charge in [0, 0.05) is 28.0 Å². The number of furan rings is 1. The second-order valence-electron chi connectivity index (χ2n) is 15.3. The third kappa shape index (κ3) is 6.41. The fourth-order valence-corrected chi connectivity index (χ4v) is 8.78. The van der Waals surface area contributed by atoms with Crippen LogP contribution in [0.1, 0.15) is 0 Å². The fourth-order valence-electron chi connectivity index (χ4n) is 8.78. The van der Waals surface area contributed by atoms with E-state index in [0.29, 0.717) is 0 Å². The number of rotatable bonds is 8. The molecule has 0 fully saturated rings. The molecule has 0 spiro atoms. The van der Waals surface area contributed by atoms with E-state index in [1.54, 1.807) is 0 Å². The molecule has 0 N–H and O–H groups in total. The molecule has 2 nitrogen and oxygen atoms in total. The fraction of sp³-hybridized carbons (Fsp3) is 0. The maximum absolute atomic E-state index is 6.35. The van der Waals surface area contributed by atoms with Crippen LogP contribution in [-0.2, 0) is 0 Å². The van der Waals surface area contributed by atoms with Crippen LogP contribution in [-0.4, -0.2) is 0 Å². The van der Waals surface area contributed by atoms with Gasteiger partial charge in [-0.05, 0) is 121 Å². The van der Waals surface area contributed by atoms with Gasteiger partial charge in [-0.2, -0.15) is 0 Å². The first-order valence-corrected chi connectivity index (χ1v) is 20.5. The Labute approximate surface area is 349 Å². The molecule has 11 rings (SSSR count). The highest BCUT2D eigenvalue weighted by molar-refractivity contribution is 6.13. The van der Waals surface area contributed by atoms with Crippen molar-refractivity contribution in [3.05, 3.63) is 237 Å². The molecule has 0 aliphatic carbocycles. The van der Waals surface area contributed by atoms with E-state index < -0.39 is 0 Å². The second-order valence-corrected chi connectivity index (χ2v) is 15.3. The van der Waals surface area contributed by atoms with Gasteiger partial charge in [0.05, 0.1) is 0 Å². The smallest absolute Gasteiger partial charge is 0.136 e. The highest BCUT2D eigenvalue weighted by atomic mass is 16.3. The van der Waals surface area contributed by atoms with Crippen LogP contribution in [0.15, 0.2) is 241 Å². The van der Waals surface area contributed by atoms with Crippen molar-refractivity contribution >= 4 is 49.6 Å². The summed E-state index contributed by atoms with van der Waals surface area (Å²) in [7, 11) is 0. The third-order valence-electron chi connectivity index (χ3n) is 11.7. The van der Waals surface area contributed by atoms with Gasteiger partial charge >= 0.3 is 0 Å². The van der Waals surface area contributed by atoms with Crippen molar-refractivity contribution in [1.29, 1.82) is 0 Å².